The normalized spacial score (nSPS) is 17.0. The highest BCUT2D eigenvalue weighted by Gasteiger charge is 2.15. The van der Waals surface area contributed by atoms with Crippen molar-refractivity contribution >= 4 is 11.6 Å². The summed E-state index contributed by atoms with van der Waals surface area (Å²) in [5.74, 6) is 2.47. The summed E-state index contributed by atoms with van der Waals surface area (Å²) in [7, 11) is 1.67. The number of hydrogen-bond donors (Lipinski definition) is 2. The fourth-order valence-electron chi connectivity index (χ4n) is 2.51. The van der Waals surface area contributed by atoms with Crippen LogP contribution in [0, 0.1) is 0 Å². The van der Waals surface area contributed by atoms with Crippen LogP contribution < -0.4 is 15.4 Å². The summed E-state index contributed by atoms with van der Waals surface area (Å²) in [6, 6.07) is 9.88. The molecule has 0 aliphatic carbocycles. The van der Waals surface area contributed by atoms with E-state index in [9.17, 15) is 0 Å². The maximum absolute atomic E-state index is 5.60. The second-order valence-electron chi connectivity index (χ2n) is 5.51. The van der Waals surface area contributed by atoms with Crippen LogP contribution in [0.15, 0.2) is 36.7 Å². The van der Waals surface area contributed by atoms with Gasteiger partial charge in [0.2, 0.25) is 0 Å². The summed E-state index contributed by atoms with van der Waals surface area (Å²) in [6.07, 6.45) is 4.11. The Hall–Kier alpha value is -2.34. The molecule has 0 saturated carbocycles. The number of benzene rings is 1. The molecule has 23 heavy (non-hydrogen) atoms. The first-order valence-corrected chi connectivity index (χ1v) is 7.88. The quantitative estimate of drug-likeness (QED) is 0.819. The first-order valence-electron chi connectivity index (χ1n) is 7.88. The predicted octanol–water partition coefficient (Wildman–Crippen LogP) is 2.69. The molecule has 0 amide bonds. The van der Waals surface area contributed by atoms with Gasteiger partial charge in [-0.25, -0.2) is 9.97 Å². The fourth-order valence-corrected chi connectivity index (χ4v) is 2.51. The van der Waals surface area contributed by atoms with Crippen LogP contribution in [0.1, 0.15) is 18.4 Å². The largest absolute Gasteiger partial charge is 0.497 e. The Morgan fingerprint density at radius 1 is 1.17 bits per heavy atom. The number of anilines is 2. The van der Waals surface area contributed by atoms with E-state index in [1.54, 1.807) is 13.4 Å². The van der Waals surface area contributed by atoms with Crippen LogP contribution >= 0.6 is 0 Å². The van der Waals surface area contributed by atoms with E-state index in [0.717, 1.165) is 43.4 Å². The van der Waals surface area contributed by atoms with Crippen LogP contribution in [0.25, 0.3) is 0 Å². The monoisotopic (exact) mass is 314 g/mol. The minimum Gasteiger partial charge on any atom is -0.497 e. The van der Waals surface area contributed by atoms with Crippen LogP contribution in [-0.2, 0) is 11.3 Å². The SMILES string of the molecule is COc1ccc(CNc2cc(NCC3CCCO3)ncn2)cc1. The number of nitrogens with one attached hydrogen (secondary N) is 2. The molecule has 1 aliphatic heterocycles. The Bertz CT molecular complexity index is 612. The third-order valence-electron chi connectivity index (χ3n) is 3.83. The van der Waals surface area contributed by atoms with Gasteiger partial charge in [-0.05, 0) is 30.5 Å². The minimum atomic E-state index is 0.292. The number of ether oxygens (including phenoxy) is 2. The zero-order chi connectivity index (χ0) is 15.9. The highest BCUT2D eigenvalue weighted by molar-refractivity contribution is 5.47. The average molecular weight is 314 g/mol. The summed E-state index contributed by atoms with van der Waals surface area (Å²) >= 11 is 0. The van der Waals surface area contributed by atoms with E-state index in [0.29, 0.717) is 12.6 Å². The van der Waals surface area contributed by atoms with Gasteiger partial charge in [-0.15, -0.1) is 0 Å². The van der Waals surface area contributed by atoms with Gasteiger partial charge in [0.05, 0.1) is 13.2 Å². The Labute approximate surface area is 136 Å². The highest BCUT2D eigenvalue weighted by Crippen LogP contribution is 2.15. The smallest absolute Gasteiger partial charge is 0.131 e. The first-order chi connectivity index (χ1) is 11.3. The molecule has 3 rings (SSSR count). The number of rotatable bonds is 7. The molecule has 1 saturated heterocycles. The van der Waals surface area contributed by atoms with Gasteiger partial charge >= 0.3 is 0 Å². The molecule has 6 heteroatoms. The molecule has 1 atom stereocenters. The lowest BCUT2D eigenvalue weighted by Crippen LogP contribution is -2.19. The third-order valence-corrected chi connectivity index (χ3v) is 3.83. The van der Waals surface area contributed by atoms with Gasteiger partial charge < -0.3 is 20.1 Å². The lowest BCUT2D eigenvalue weighted by atomic mass is 10.2. The van der Waals surface area contributed by atoms with Crippen molar-refractivity contribution in [1.29, 1.82) is 0 Å². The standard InChI is InChI=1S/C17H22N4O2/c1-22-14-6-4-13(5-7-14)10-18-16-9-17(21-12-20-16)19-11-15-3-2-8-23-15/h4-7,9,12,15H,2-3,8,10-11H2,1H3,(H2,18,19,20,21). The van der Waals surface area contributed by atoms with E-state index in [2.05, 4.69) is 20.6 Å². The van der Waals surface area contributed by atoms with Gasteiger partial charge in [-0.1, -0.05) is 12.1 Å². The molecule has 2 aromatic rings. The topological polar surface area (TPSA) is 68.3 Å². The van der Waals surface area contributed by atoms with Gasteiger partial charge in [0.1, 0.15) is 23.7 Å². The molecular weight excluding hydrogens is 292 g/mol. The molecule has 1 unspecified atom stereocenters. The summed E-state index contributed by atoms with van der Waals surface area (Å²) in [4.78, 5) is 8.49. The third kappa shape index (κ3) is 4.56. The first kappa shape index (κ1) is 15.6. The summed E-state index contributed by atoms with van der Waals surface area (Å²) < 4.78 is 10.8. The Morgan fingerprint density at radius 2 is 1.96 bits per heavy atom. The molecule has 6 nitrogen and oxygen atoms in total. The molecule has 0 spiro atoms. The molecule has 1 aromatic heterocycles. The maximum atomic E-state index is 5.60. The van der Waals surface area contributed by atoms with E-state index >= 15 is 0 Å². The lowest BCUT2D eigenvalue weighted by molar-refractivity contribution is 0.120. The van der Waals surface area contributed by atoms with Crippen LogP contribution in [0.2, 0.25) is 0 Å². The van der Waals surface area contributed by atoms with E-state index in [4.69, 9.17) is 9.47 Å². The molecule has 0 bridgehead atoms. The van der Waals surface area contributed by atoms with Crippen LogP contribution in [-0.4, -0.2) is 36.3 Å². The number of methoxy groups -OCH3 is 1. The van der Waals surface area contributed by atoms with Gasteiger partial charge in [-0.3, -0.25) is 0 Å². The molecule has 0 radical (unpaired) electrons. The van der Waals surface area contributed by atoms with Gasteiger partial charge in [0.15, 0.2) is 0 Å². The Morgan fingerprint density at radius 3 is 2.65 bits per heavy atom. The van der Waals surface area contributed by atoms with Gasteiger partial charge in [0, 0.05) is 25.8 Å². The van der Waals surface area contributed by atoms with E-state index in [-0.39, 0.29) is 0 Å². The molecule has 1 aromatic carbocycles. The van der Waals surface area contributed by atoms with Crippen molar-refractivity contribution in [2.75, 3.05) is 30.9 Å². The fraction of sp³-hybridized carbons (Fsp3) is 0.412. The minimum absolute atomic E-state index is 0.292. The maximum Gasteiger partial charge on any atom is 0.131 e. The summed E-state index contributed by atoms with van der Waals surface area (Å²) in [6.45, 7) is 2.35. The number of hydrogen-bond acceptors (Lipinski definition) is 6. The van der Waals surface area contributed by atoms with Crippen LogP contribution in [0.5, 0.6) is 5.75 Å². The van der Waals surface area contributed by atoms with Gasteiger partial charge in [0.25, 0.3) is 0 Å². The van der Waals surface area contributed by atoms with E-state index in [1.165, 1.54) is 5.56 Å². The van der Waals surface area contributed by atoms with Crippen molar-refractivity contribution in [3.05, 3.63) is 42.2 Å². The van der Waals surface area contributed by atoms with E-state index in [1.807, 2.05) is 30.3 Å². The van der Waals surface area contributed by atoms with Crippen molar-refractivity contribution in [3.63, 3.8) is 0 Å². The highest BCUT2D eigenvalue weighted by atomic mass is 16.5. The zero-order valence-electron chi connectivity index (χ0n) is 13.3. The lowest BCUT2D eigenvalue weighted by Gasteiger charge is -2.12. The molecule has 1 aliphatic rings. The summed E-state index contributed by atoms with van der Waals surface area (Å²) in [5.41, 5.74) is 1.17. The number of nitrogens with zero attached hydrogens (tertiary/aromatic N) is 2. The zero-order valence-corrected chi connectivity index (χ0v) is 13.3. The van der Waals surface area contributed by atoms with Crippen molar-refractivity contribution in [2.24, 2.45) is 0 Å². The van der Waals surface area contributed by atoms with Gasteiger partial charge in [-0.2, -0.15) is 0 Å². The van der Waals surface area contributed by atoms with Crippen molar-refractivity contribution < 1.29 is 9.47 Å². The second kappa shape index (κ2) is 7.78. The van der Waals surface area contributed by atoms with Crippen LogP contribution in [0.3, 0.4) is 0 Å². The molecular formula is C17H22N4O2. The Kier molecular flexibility index (Phi) is 5.26. The average Bonchev–Trinajstić information content (AvgIpc) is 3.12. The van der Waals surface area contributed by atoms with Crippen LogP contribution in [0.4, 0.5) is 11.6 Å². The van der Waals surface area contributed by atoms with Crippen molar-refractivity contribution in [2.45, 2.75) is 25.5 Å². The summed E-state index contributed by atoms with van der Waals surface area (Å²) in [5, 5.41) is 6.61. The van der Waals surface area contributed by atoms with E-state index < -0.39 is 0 Å². The van der Waals surface area contributed by atoms with Crippen molar-refractivity contribution in [3.8, 4) is 5.75 Å². The number of aromatic nitrogens is 2. The van der Waals surface area contributed by atoms with Crippen molar-refractivity contribution in [1.82, 2.24) is 9.97 Å². The molecule has 2 N–H and O–H groups in total. The molecule has 122 valence electrons. The predicted molar refractivity (Wildman–Crippen MR) is 89.8 cm³/mol. The second-order valence-corrected chi connectivity index (χ2v) is 5.51. The Balaban J connectivity index is 1.51. The molecule has 2 heterocycles. The molecule has 1 fully saturated rings.